The molecule has 1 aliphatic rings. The van der Waals surface area contributed by atoms with Crippen LogP contribution in [0.15, 0.2) is 12.2 Å². The van der Waals surface area contributed by atoms with E-state index in [2.05, 4.69) is 27.4 Å². The first-order valence-corrected chi connectivity index (χ1v) is 5.65. The molecule has 1 aliphatic carbocycles. The minimum absolute atomic E-state index is 0.146. The average Bonchev–Trinajstić information content (AvgIpc) is 2.19. The molecule has 0 radical (unpaired) electrons. The smallest absolute Gasteiger partial charge is 0.141 e. The van der Waals surface area contributed by atoms with Crippen molar-refractivity contribution >= 4 is 0 Å². The number of rotatable bonds is 2. The molecule has 0 saturated heterocycles. The molecule has 84 valence electrons. The molecule has 0 aromatic heterocycles. The van der Waals surface area contributed by atoms with Crippen molar-refractivity contribution in [1.82, 2.24) is 0 Å². The summed E-state index contributed by atoms with van der Waals surface area (Å²) >= 11 is 0. The van der Waals surface area contributed by atoms with Crippen LogP contribution in [0.5, 0.6) is 0 Å². The van der Waals surface area contributed by atoms with Gasteiger partial charge < -0.3 is 5.11 Å². The highest BCUT2D eigenvalue weighted by atomic mass is 16.3. The summed E-state index contributed by atoms with van der Waals surface area (Å²) in [5.74, 6) is 0.898. The first kappa shape index (κ1) is 12.3. The summed E-state index contributed by atoms with van der Waals surface area (Å²) < 4.78 is 0. The van der Waals surface area contributed by atoms with Crippen LogP contribution in [0, 0.1) is 28.6 Å². The summed E-state index contributed by atoms with van der Waals surface area (Å²) in [6.45, 7) is 10.8. The molecule has 15 heavy (non-hydrogen) atoms. The standard InChI is InChI=1S/C13H21NO/c1-9-5-6-10(2)13(3,4)12(9)7-11(15)8-14/h10-12,15H,1,5-7H2,2-4H3/t10-,11?,12+/m1/s1. The molecule has 1 unspecified atom stereocenters. The van der Waals surface area contributed by atoms with Crippen LogP contribution >= 0.6 is 0 Å². The van der Waals surface area contributed by atoms with Crippen LogP contribution < -0.4 is 0 Å². The number of nitrogens with zero attached hydrogens (tertiary/aromatic N) is 1. The van der Waals surface area contributed by atoms with Crippen molar-refractivity contribution in [2.45, 2.75) is 46.1 Å². The molecule has 0 amide bonds. The van der Waals surface area contributed by atoms with Gasteiger partial charge in [0.05, 0.1) is 6.07 Å². The van der Waals surface area contributed by atoms with Gasteiger partial charge in [0.2, 0.25) is 0 Å². The molecule has 3 atom stereocenters. The van der Waals surface area contributed by atoms with Crippen LogP contribution in [0.3, 0.4) is 0 Å². The fourth-order valence-electron chi connectivity index (χ4n) is 2.56. The van der Waals surface area contributed by atoms with E-state index in [1.54, 1.807) is 0 Å². The Morgan fingerprint density at radius 3 is 2.80 bits per heavy atom. The van der Waals surface area contributed by atoms with E-state index in [1.165, 1.54) is 12.0 Å². The third kappa shape index (κ3) is 2.41. The molecule has 0 aromatic rings. The summed E-state index contributed by atoms with van der Waals surface area (Å²) in [5, 5.41) is 18.1. The maximum absolute atomic E-state index is 9.44. The highest BCUT2D eigenvalue weighted by molar-refractivity contribution is 5.12. The lowest BCUT2D eigenvalue weighted by Gasteiger charge is -2.45. The molecule has 2 heteroatoms. The van der Waals surface area contributed by atoms with Gasteiger partial charge in [-0.15, -0.1) is 0 Å². The zero-order chi connectivity index (χ0) is 11.6. The first-order valence-electron chi connectivity index (χ1n) is 5.65. The summed E-state index contributed by atoms with van der Waals surface area (Å²) in [6.07, 6.45) is 1.89. The molecule has 0 spiro atoms. The van der Waals surface area contributed by atoms with Crippen LogP contribution in [0.2, 0.25) is 0 Å². The fourth-order valence-corrected chi connectivity index (χ4v) is 2.56. The number of hydrogen-bond acceptors (Lipinski definition) is 2. The summed E-state index contributed by atoms with van der Waals surface area (Å²) in [6, 6.07) is 1.90. The number of hydrogen-bond donors (Lipinski definition) is 1. The molecule has 2 nitrogen and oxygen atoms in total. The molecule has 1 fully saturated rings. The minimum Gasteiger partial charge on any atom is -0.378 e. The average molecular weight is 207 g/mol. The number of aliphatic hydroxyl groups excluding tert-OH is 1. The molecule has 0 bridgehead atoms. The number of aliphatic hydroxyl groups is 1. The quantitative estimate of drug-likeness (QED) is 0.559. The van der Waals surface area contributed by atoms with Gasteiger partial charge in [-0.25, -0.2) is 0 Å². The van der Waals surface area contributed by atoms with Crippen molar-refractivity contribution in [3.63, 3.8) is 0 Å². The van der Waals surface area contributed by atoms with Crippen molar-refractivity contribution < 1.29 is 5.11 Å². The second-order valence-electron chi connectivity index (χ2n) is 5.35. The van der Waals surface area contributed by atoms with Gasteiger partial charge in [-0.2, -0.15) is 5.26 Å². The Bertz CT molecular complexity index is 287. The van der Waals surface area contributed by atoms with Gasteiger partial charge in [-0.1, -0.05) is 32.9 Å². The summed E-state index contributed by atoms with van der Waals surface area (Å²) in [5.41, 5.74) is 1.35. The SMILES string of the molecule is C=C1CC[C@@H](C)C(C)(C)[C@H]1CC(O)C#N. The maximum atomic E-state index is 9.44. The van der Waals surface area contributed by atoms with E-state index in [-0.39, 0.29) is 11.3 Å². The predicted octanol–water partition coefficient (Wildman–Crippen LogP) is 2.89. The Morgan fingerprint density at radius 1 is 1.67 bits per heavy atom. The van der Waals surface area contributed by atoms with E-state index in [0.29, 0.717) is 12.3 Å². The highest BCUT2D eigenvalue weighted by Gasteiger charge is 2.40. The number of nitriles is 1. The third-order valence-electron chi connectivity index (χ3n) is 4.17. The molecular weight excluding hydrogens is 186 g/mol. The predicted molar refractivity (Wildman–Crippen MR) is 61.0 cm³/mol. The largest absolute Gasteiger partial charge is 0.378 e. The highest BCUT2D eigenvalue weighted by Crippen LogP contribution is 2.48. The van der Waals surface area contributed by atoms with Crippen LogP contribution in [-0.4, -0.2) is 11.2 Å². The fraction of sp³-hybridized carbons (Fsp3) is 0.769. The third-order valence-corrected chi connectivity index (χ3v) is 4.17. The summed E-state index contributed by atoms with van der Waals surface area (Å²) in [7, 11) is 0. The molecule has 1 saturated carbocycles. The second-order valence-corrected chi connectivity index (χ2v) is 5.35. The second kappa shape index (κ2) is 4.37. The summed E-state index contributed by atoms with van der Waals surface area (Å²) in [4.78, 5) is 0. The van der Waals surface area contributed by atoms with Gasteiger partial charge in [0.1, 0.15) is 6.10 Å². The van der Waals surface area contributed by atoms with Gasteiger partial charge in [0.15, 0.2) is 0 Å². The Morgan fingerprint density at radius 2 is 2.27 bits per heavy atom. The van der Waals surface area contributed by atoms with E-state index >= 15 is 0 Å². The van der Waals surface area contributed by atoms with Gasteiger partial charge >= 0.3 is 0 Å². The molecule has 0 aliphatic heterocycles. The Kier molecular flexibility index (Phi) is 3.57. The Labute approximate surface area is 92.6 Å². The van der Waals surface area contributed by atoms with Crippen LogP contribution in [0.1, 0.15) is 40.0 Å². The van der Waals surface area contributed by atoms with Crippen molar-refractivity contribution in [3.05, 3.63) is 12.2 Å². The normalized spacial score (nSPS) is 32.1. The van der Waals surface area contributed by atoms with E-state index in [1.807, 2.05) is 6.07 Å². The van der Waals surface area contributed by atoms with Gasteiger partial charge in [-0.3, -0.25) is 0 Å². The zero-order valence-electron chi connectivity index (χ0n) is 9.95. The van der Waals surface area contributed by atoms with E-state index in [9.17, 15) is 5.11 Å². The van der Waals surface area contributed by atoms with Crippen LogP contribution in [0.25, 0.3) is 0 Å². The molecule has 0 aromatic carbocycles. The van der Waals surface area contributed by atoms with Crippen LogP contribution in [0.4, 0.5) is 0 Å². The van der Waals surface area contributed by atoms with E-state index in [4.69, 9.17) is 5.26 Å². The van der Waals surface area contributed by atoms with Crippen molar-refractivity contribution in [1.29, 1.82) is 5.26 Å². The maximum Gasteiger partial charge on any atom is 0.141 e. The van der Waals surface area contributed by atoms with Crippen molar-refractivity contribution in [2.24, 2.45) is 17.3 Å². The Balaban J connectivity index is 2.82. The van der Waals surface area contributed by atoms with Crippen LogP contribution in [-0.2, 0) is 0 Å². The zero-order valence-corrected chi connectivity index (χ0v) is 9.95. The molecule has 1 N–H and O–H groups in total. The van der Waals surface area contributed by atoms with Gasteiger partial charge in [-0.05, 0) is 36.5 Å². The van der Waals surface area contributed by atoms with E-state index in [0.717, 1.165) is 6.42 Å². The van der Waals surface area contributed by atoms with Crippen molar-refractivity contribution in [3.8, 4) is 6.07 Å². The number of allylic oxidation sites excluding steroid dienone is 1. The lowest BCUT2D eigenvalue weighted by molar-refractivity contribution is 0.0759. The first-order chi connectivity index (χ1) is 6.89. The minimum atomic E-state index is -0.851. The molecule has 1 rings (SSSR count). The topological polar surface area (TPSA) is 44.0 Å². The molecular formula is C13H21NO. The molecule has 0 heterocycles. The van der Waals surface area contributed by atoms with Gasteiger partial charge in [0.25, 0.3) is 0 Å². The lowest BCUT2D eigenvalue weighted by atomic mass is 9.60. The van der Waals surface area contributed by atoms with Crippen molar-refractivity contribution in [2.75, 3.05) is 0 Å². The van der Waals surface area contributed by atoms with Gasteiger partial charge in [0, 0.05) is 0 Å². The Hall–Kier alpha value is -0.810. The monoisotopic (exact) mass is 207 g/mol. The van der Waals surface area contributed by atoms with E-state index < -0.39 is 6.10 Å². The lowest BCUT2D eigenvalue weighted by Crippen LogP contribution is -2.37.